The predicted molar refractivity (Wildman–Crippen MR) is 105 cm³/mol. The molecular formula is C22H24N2O. The molecule has 0 aliphatic heterocycles. The molecule has 0 heterocycles. The van der Waals surface area contributed by atoms with Crippen LogP contribution in [0.1, 0.15) is 32.3 Å². The van der Waals surface area contributed by atoms with Crippen molar-refractivity contribution in [3.8, 4) is 0 Å². The largest absolute Gasteiger partial charge is 0.273 e. The maximum Gasteiger partial charge on any atom is 0.244 e. The molecule has 0 spiro atoms. The van der Waals surface area contributed by atoms with E-state index in [2.05, 4.69) is 48.3 Å². The molecule has 0 saturated carbocycles. The zero-order valence-electron chi connectivity index (χ0n) is 14.9. The lowest BCUT2D eigenvalue weighted by Crippen LogP contribution is -2.24. The van der Waals surface area contributed by atoms with E-state index >= 15 is 0 Å². The van der Waals surface area contributed by atoms with Gasteiger partial charge in [-0.3, -0.25) is 4.79 Å². The third kappa shape index (κ3) is 4.05. The van der Waals surface area contributed by atoms with E-state index in [1.54, 1.807) is 0 Å². The molecule has 0 fully saturated rings. The topological polar surface area (TPSA) is 41.5 Å². The van der Waals surface area contributed by atoms with E-state index in [1.807, 2.05) is 31.2 Å². The van der Waals surface area contributed by atoms with Crippen LogP contribution in [0.15, 0.2) is 71.4 Å². The van der Waals surface area contributed by atoms with Crippen LogP contribution in [0.3, 0.4) is 0 Å². The lowest BCUT2D eigenvalue weighted by molar-refractivity contribution is -0.120. The first kappa shape index (κ1) is 17.2. The number of nitrogens with zero attached hydrogens (tertiary/aromatic N) is 1. The van der Waals surface area contributed by atoms with Crippen molar-refractivity contribution in [3.63, 3.8) is 0 Å². The molecule has 0 saturated heterocycles. The summed E-state index contributed by atoms with van der Waals surface area (Å²) in [6.45, 7) is 8.14. The van der Waals surface area contributed by atoms with Crippen LogP contribution in [-0.4, -0.2) is 11.6 Å². The summed E-state index contributed by atoms with van der Waals surface area (Å²) in [5.74, 6) is 0.325. The molecule has 1 N–H and O–H groups in total. The molecule has 2 aromatic rings. The summed E-state index contributed by atoms with van der Waals surface area (Å²) in [6, 6.07) is 14.2. The molecule has 3 rings (SSSR count). The van der Waals surface area contributed by atoms with Gasteiger partial charge in [-0.1, -0.05) is 60.7 Å². The van der Waals surface area contributed by atoms with E-state index in [4.69, 9.17) is 0 Å². The maximum absolute atomic E-state index is 12.4. The van der Waals surface area contributed by atoms with Crippen molar-refractivity contribution in [2.75, 3.05) is 0 Å². The Bertz CT molecular complexity index is 871. The molecule has 128 valence electrons. The monoisotopic (exact) mass is 332 g/mol. The van der Waals surface area contributed by atoms with Gasteiger partial charge in [-0.2, -0.15) is 5.10 Å². The number of nitrogens with one attached hydrogen (secondary N) is 1. The van der Waals surface area contributed by atoms with E-state index in [-0.39, 0.29) is 5.91 Å². The molecule has 1 amide bonds. The van der Waals surface area contributed by atoms with Gasteiger partial charge in [0, 0.05) is 0 Å². The molecule has 25 heavy (non-hydrogen) atoms. The van der Waals surface area contributed by atoms with Crippen molar-refractivity contribution in [2.45, 2.75) is 33.1 Å². The number of hydrogen-bond acceptors (Lipinski definition) is 2. The van der Waals surface area contributed by atoms with Gasteiger partial charge in [0.1, 0.15) is 0 Å². The summed E-state index contributed by atoms with van der Waals surface area (Å²) in [7, 11) is 0. The molecule has 0 unspecified atom stereocenters. The molecule has 3 nitrogen and oxygen atoms in total. The number of hydrazone groups is 1. The minimum absolute atomic E-state index is 0.0888. The Morgan fingerprint density at radius 3 is 2.80 bits per heavy atom. The van der Waals surface area contributed by atoms with Crippen LogP contribution in [0, 0.1) is 5.92 Å². The Morgan fingerprint density at radius 1 is 1.24 bits per heavy atom. The van der Waals surface area contributed by atoms with Crippen molar-refractivity contribution < 1.29 is 4.79 Å². The first-order valence-electron chi connectivity index (χ1n) is 8.69. The fraction of sp³-hybridized carbons (Fsp3) is 0.273. The molecule has 3 heteroatoms. The van der Waals surface area contributed by atoms with Gasteiger partial charge in [0.25, 0.3) is 0 Å². The van der Waals surface area contributed by atoms with Crippen LogP contribution in [0.25, 0.3) is 10.8 Å². The van der Waals surface area contributed by atoms with Crippen LogP contribution in [-0.2, 0) is 11.2 Å². The Labute approximate surface area is 149 Å². The molecule has 2 aromatic carbocycles. The van der Waals surface area contributed by atoms with E-state index in [1.165, 1.54) is 5.57 Å². The second-order valence-corrected chi connectivity index (χ2v) is 6.78. The van der Waals surface area contributed by atoms with Gasteiger partial charge in [-0.05, 0) is 54.5 Å². The van der Waals surface area contributed by atoms with Gasteiger partial charge in [-0.25, -0.2) is 5.43 Å². The van der Waals surface area contributed by atoms with Crippen molar-refractivity contribution in [3.05, 3.63) is 71.8 Å². The van der Waals surface area contributed by atoms with Crippen molar-refractivity contribution in [2.24, 2.45) is 11.0 Å². The van der Waals surface area contributed by atoms with Crippen molar-refractivity contribution in [1.82, 2.24) is 5.43 Å². The molecule has 1 aliphatic rings. The third-order valence-corrected chi connectivity index (χ3v) is 4.85. The number of amides is 1. The van der Waals surface area contributed by atoms with Crippen LogP contribution >= 0.6 is 0 Å². The molecule has 0 aromatic heterocycles. The zero-order valence-corrected chi connectivity index (χ0v) is 14.9. The van der Waals surface area contributed by atoms with E-state index < -0.39 is 0 Å². The van der Waals surface area contributed by atoms with E-state index in [0.29, 0.717) is 12.3 Å². The molecular weight excluding hydrogens is 308 g/mol. The molecule has 0 radical (unpaired) electrons. The molecule has 0 bridgehead atoms. The summed E-state index contributed by atoms with van der Waals surface area (Å²) >= 11 is 0. The number of benzene rings is 2. The summed E-state index contributed by atoms with van der Waals surface area (Å²) in [5.41, 5.74) is 7.01. The number of hydrogen-bond donors (Lipinski definition) is 1. The fourth-order valence-corrected chi connectivity index (χ4v) is 3.21. The highest BCUT2D eigenvalue weighted by Crippen LogP contribution is 2.26. The molecule has 1 aliphatic carbocycles. The SMILES string of the molecule is C=C(C)[C@H]1CC=C(C)/C(=N\NC(=O)Cc2cccc3ccccc23)C1. The Balaban J connectivity index is 1.71. The fourth-order valence-electron chi connectivity index (χ4n) is 3.21. The lowest BCUT2D eigenvalue weighted by Gasteiger charge is -2.22. The average Bonchev–Trinajstić information content (AvgIpc) is 2.61. The summed E-state index contributed by atoms with van der Waals surface area (Å²) in [6.07, 6.45) is 4.35. The van der Waals surface area contributed by atoms with Gasteiger partial charge in [0.05, 0.1) is 12.1 Å². The van der Waals surface area contributed by atoms with E-state index in [0.717, 1.165) is 40.5 Å². The lowest BCUT2D eigenvalue weighted by atomic mass is 9.85. The average molecular weight is 332 g/mol. The second kappa shape index (κ2) is 7.47. The first-order chi connectivity index (χ1) is 12.0. The zero-order chi connectivity index (χ0) is 17.8. The van der Waals surface area contributed by atoms with Crippen LogP contribution in [0.4, 0.5) is 0 Å². The van der Waals surface area contributed by atoms with Gasteiger partial charge in [0.2, 0.25) is 5.91 Å². The van der Waals surface area contributed by atoms with Crippen molar-refractivity contribution >= 4 is 22.4 Å². The Hall–Kier alpha value is -2.68. The summed E-state index contributed by atoms with van der Waals surface area (Å²) < 4.78 is 0. The highest BCUT2D eigenvalue weighted by molar-refractivity contribution is 6.01. The van der Waals surface area contributed by atoms with Crippen LogP contribution in [0.2, 0.25) is 0 Å². The maximum atomic E-state index is 12.4. The minimum atomic E-state index is -0.0888. The summed E-state index contributed by atoms with van der Waals surface area (Å²) in [4.78, 5) is 12.4. The number of carbonyl (C=O) groups is 1. The van der Waals surface area contributed by atoms with E-state index in [9.17, 15) is 4.79 Å². The predicted octanol–water partition coefficient (Wildman–Crippen LogP) is 4.79. The second-order valence-electron chi connectivity index (χ2n) is 6.78. The van der Waals surface area contributed by atoms with Gasteiger partial charge >= 0.3 is 0 Å². The van der Waals surface area contributed by atoms with Gasteiger partial charge < -0.3 is 0 Å². The number of rotatable bonds is 4. The quantitative estimate of drug-likeness (QED) is 0.635. The highest BCUT2D eigenvalue weighted by atomic mass is 16.2. The van der Waals surface area contributed by atoms with Crippen molar-refractivity contribution in [1.29, 1.82) is 0 Å². The minimum Gasteiger partial charge on any atom is -0.273 e. The smallest absolute Gasteiger partial charge is 0.244 e. The third-order valence-electron chi connectivity index (χ3n) is 4.85. The Morgan fingerprint density at radius 2 is 2.00 bits per heavy atom. The van der Waals surface area contributed by atoms with Crippen LogP contribution < -0.4 is 5.43 Å². The number of carbonyl (C=O) groups excluding carboxylic acids is 1. The summed E-state index contributed by atoms with van der Waals surface area (Å²) in [5, 5.41) is 6.64. The van der Waals surface area contributed by atoms with Gasteiger partial charge in [0.15, 0.2) is 0 Å². The molecule has 1 atom stereocenters. The Kier molecular flexibility index (Phi) is 5.13. The normalized spacial score (nSPS) is 18.9. The standard InChI is InChI=1S/C22H24N2O/c1-15(2)18-12-11-16(3)21(13-18)23-24-22(25)14-19-9-6-8-17-7-4-5-10-20(17)19/h4-11,18H,1,12-14H2,2-3H3,(H,24,25)/b23-21-/t18-/m0/s1. The number of allylic oxidation sites excluding steroid dienone is 3. The van der Waals surface area contributed by atoms with Crippen LogP contribution in [0.5, 0.6) is 0 Å². The van der Waals surface area contributed by atoms with Gasteiger partial charge in [-0.15, -0.1) is 0 Å². The number of fused-ring (bicyclic) bond motifs is 1. The first-order valence-corrected chi connectivity index (χ1v) is 8.69. The highest BCUT2D eigenvalue weighted by Gasteiger charge is 2.18.